The van der Waals surface area contributed by atoms with E-state index in [1.54, 1.807) is 12.1 Å². The molecule has 0 atom stereocenters. The Bertz CT molecular complexity index is 552. The largest absolute Gasteiger partial charge is 0.504 e. The average molecular weight is 204 g/mol. The van der Waals surface area contributed by atoms with Gasteiger partial charge in [0.25, 0.3) is 0 Å². The zero-order valence-corrected chi connectivity index (χ0v) is 8.65. The van der Waals surface area contributed by atoms with Gasteiger partial charge in [0.05, 0.1) is 5.39 Å². The normalized spacial score (nSPS) is 11.1. The zero-order chi connectivity index (χ0) is 11.0. The maximum atomic E-state index is 11.7. The minimum Gasteiger partial charge on any atom is -0.504 e. The molecule has 3 nitrogen and oxygen atoms in total. The molecule has 1 N–H and O–H groups in total. The fourth-order valence-corrected chi connectivity index (χ4v) is 1.46. The summed E-state index contributed by atoms with van der Waals surface area (Å²) in [6.07, 6.45) is 0. The highest BCUT2D eigenvalue weighted by molar-refractivity contribution is 5.81. The van der Waals surface area contributed by atoms with E-state index in [0.717, 1.165) is 0 Å². The highest BCUT2D eigenvalue weighted by Gasteiger charge is 2.09. The van der Waals surface area contributed by atoms with E-state index in [4.69, 9.17) is 4.42 Å². The van der Waals surface area contributed by atoms with Gasteiger partial charge >= 0.3 is 0 Å². The molecule has 1 aromatic heterocycles. The smallest absolute Gasteiger partial charge is 0.193 e. The molecule has 0 radical (unpaired) electrons. The van der Waals surface area contributed by atoms with Crippen LogP contribution in [0.1, 0.15) is 25.5 Å². The van der Waals surface area contributed by atoms with Crippen LogP contribution in [0.25, 0.3) is 11.0 Å². The van der Waals surface area contributed by atoms with Gasteiger partial charge in [0.2, 0.25) is 0 Å². The SMILES string of the molecule is CC(C)c1cc(=O)c2cccc(O)c2o1. The molecule has 0 saturated heterocycles. The molecule has 0 aliphatic carbocycles. The fourth-order valence-electron chi connectivity index (χ4n) is 1.46. The van der Waals surface area contributed by atoms with E-state index in [1.807, 2.05) is 13.8 Å². The number of para-hydroxylation sites is 1. The number of phenolic OH excluding ortho intramolecular Hbond substituents is 1. The molecular formula is C12H12O3. The Labute approximate surface area is 87.0 Å². The van der Waals surface area contributed by atoms with E-state index >= 15 is 0 Å². The molecule has 3 heteroatoms. The molecule has 0 fully saturated rings. The lowest BCUT2D eigenvalue weighted by Gasteiger charge is -2.06. The molecule has 15 heavy (non-hydrogen) atoms. The van der Waals surface area contributed by atoms with E-state index in [0.29, 0.717) is 11.1 Å². The van der Waals surface area contributed by atoms with Crippen molar-refractivity contribution in [1.82, 2.24) is 0 Å². The van der Waals surface area contributed by atoms with Crippen molar-refractivity contribution >= 4 is 11.0 Å². The summed E-state index contributed by atoms with van der Waals surface area (Å²) in [4.78, 5) is 11.7. The lowest BCUT2D eigenvalue weighted by atomic mass is 10.1. The Hall–Kier alpha value is -1.77. The van der Waals surface area contributed by atoms with Gasteiger partial charge in [0.15, 0.2) is 16.8 Å². The molecule has 0 aliphatic rings. The first-order valence-corrected chi connectivity index (χ1v) is 4.85. The summed E-state index contributed by atoms with van der Waals surface area (Å²) < 4.78 is 5.48. The lowest BCUT2D eigenvalue weighted by Crippen LogP contribution is -2.02. The van der Waals surface area contributed by atoms with Crippen LogP contribution in [0.2, 0.25) is 0 Å². The summed E-state index contributed by atoms with van der Waals surface area (Å²) >= 11 is 0. The summed E-state index contributed by atoms with van der Waals surface area (Å²) in [5.41, 5.74) is 0.157. The van der Waals surface area contributed by atoms with Crippen molar-refractivity contribution in [1.29, 1.82) is 0 Å². The van der Waals surface area contributed by atoms with Crippen LogP contribution in [0.15, 0.2) is 33.5 Å². The highest BCUT2D eigenvalue weighted by atomic mass is 16.4. The van der Waals surface area contributed by atoms with Crippen LogP contribution in [0.3, 0.4) is 0 Å². The van der Waals surface area contributed by atoms with Crippen LogP contribution in [-0.2, 0) is 0 Å². The summed E-state index contributed by atoms with van der Waals surface area (Å²) in [6.45, 7) is 3.87. The Balaban J connectivity index is 2.86. The molecule has 1 heterocycles. The third-order valence-electron chi connectivity index (χ3n) is 2.32. The molecule has 2 rings (SSSR count). The highest BCUT2D eigenvalue weighted by Crippen LogP contribution is 2.25. The summed E-state index contributed by atoms with van der Waals surface area (Å²) in [7, 11) is 0. The number of phenols is 1. The number of fused-ring (bicyclic) bond motifs is 1. The van der Waals surface area contributed by atoms with Gasteiger partial charge in [-0.3, -0.25) is 4.79 Å². The third-order valence-corrected chi connectivity index (χ3v) is 2.32. The molecule has 1 aromatic carbocycles. The van der Waals surface area contributed by atoms with Crippen molar-refractivity contribution in [2.75, 3.05) is 0 Å². The standard InChI is InChI=1S/C12H12O3/c1-7(2)11-6-10(14)8-4-3-5-9(13)12(8)15-11/h3-7,13H,1-2H3. The molecule has 0 bridgehead atoms. The summed E-state index contributed by atoms with van der Waals surface area (Å²) in [6, 6.07) is 6.26. The first kappa shape index (κ1) is 9.77. The van der Waals surface area contributed by atoms with Gasteiger partial charge in [-0.2, -0.15) is 0 Å². The molecule has 0 saturated carbocycles. The van der Waals surface area contributed by atoms with Crippen molar-refractivity contribution in [2.45, 2.75) is 19.8 Å². The van der Waals surface area contributed by atoms with Crippen molar-refractivity contribution in [3.63, 3.8) is 0 Å². The Morgan fingerprint density at radius 2 is 2.07 bits per heavy atom. The second-order valence-corrected chi connectivity index (χ2v) is 3.82. The van der Waals surface area contributed by atoms with Crippen molar-refractivity contribution in [2.24, 2.45) is 0 Å². The topological polar surface area (TPSA) is 50.4 Å². The Morgan fingerprint density at radius 3 is 2.73 bits per heavy atom. The quantitative estimate of drug-likeness (QED) is 0.776. The monoisotopic (exact) mass is 204 g/mol. The average Bonchev–Trinajstić information content (AvgIpc) is 2.19. The van der Waals surface area contributed by atoms with Gasteiger partial charge in [-0.1, -0.05) is 19.9 Å². The Morgan fingerprint density at radius 1 is 1.33 bits per heavy atom. The van der Waals surface area contributed by atoms with E-state index in [1.165, 1.54) is 12.1 Å². The zero-order valence-electron chi connectivity index (χ0n) is 8.65. The third kappa shape index (κ3) is 1.61. The first-order chi connectivity index (χ1) is 7.09. The van der Waals surface area contributed by atoms with Gasteiger partial charge in [0.1, 0.15) is 5.76 Å². The van der Waals surface area contributed by atoms with E-state index in [-0.39, 0.29) is 22.7 Å². The van der Waals surface area contributed by atoms with Gasteiger partial charge in [-0.05, 0) is 12.1 Å². The maximum Gasteiger partial charge on any atom is 0.193 e. The predicted molar refractivity (Wildman–Crippen MR) is 58.2 cm³/mol. The first-order valence-electron chi connectivity index (χ1n) is 4.85. The molecular weight excluding hydrogens is 192 g/mol. The molecule has 0 amide bonds. The fraction of sp³-hybridized carbons (Fsp3) is 0.250. The second-order valence-electron chi connectivity index (χ2n) is 3.82. The minimum absolute atomic E-state index is 0.00657. The van der Waals surface area contributed by atoms with Crippen molar-refractivity contribution < 1.29 is 9.52 Å². The molecule has 2 aromatic rings. The minimum atomic E-state index is -0.115. The van der Waals surface area contributed by atoms with Gasteiger partial charge in [0, 0.05) is 12.0 Å². The van der Waals surface area contributed by atoms with Crippen LogP contribution in [-0.4, -0.2) is 5.11 Å². The second kappa shape index (κ2) is 3.42. The molecule has 0 unspecified atom stereocenters. The van der Waals surface area contributed by atoms with E-state index in [9.17, 15) is 9.90 Å². The Kier molecular flexibility index (Phi) is 2.23. The number of aromatic hydroxyl groups is 1. The van der Waals surface area contributed by atoms with Crippen LogP contribution >= 0.6 is 0 Å². The maximum absolute atomic E-state index is 11.7. The van der Waals surface area contributed by atoms with Gasteiger partial charge in [-0.25, -0.2) is 0 Å². The van der Waals surface area contributed by atoms with Crippen LogP contribution in [0.4, 0.5) is 0 Å². The number of rotatable bonds is 1. The van der Waals surface area contributed by atoms with Gasteiger partial charge in [-0.15, -0.1) is 0 Å². The molecule has 78 valence electrons. The molecule has 0 spiro atoms. The molecule has 0 aliphatic heterocycles. The van der Waals surface area contributed by atoms with E-state index in [2.05, 4.69) is 0 Å². The number of hydrogen-bond donors (Lipinski definition) is 1. The van der Waals surface area contributed by atoms with E-state index < -0.39 is 0 Å². The lowest BCUT2D eigenvalue weighted by molar-refractivity contribution is 0.447. The number of benzene rings is 1. The number of hydrogen-bond acceptors (Lipinski definition) is 3. The summed E-state index contributed by atoms with van der Waals surface area (Å²) in [5, 5.41) is 9.99. The van der Waals surface area contributed by atoms with Crippen LogP contribution in [0.5, 0.6) is 5.75 Å². The predicted octanol–water partition coefficient (Wildman–Crippen LogP) is 2.62. The summed E-state index contributed by atoms with van der Waals surface area (Å²) in [5.74, 6) is 0.725. The van der Waals surface area contributed by atoms with Crippen molar-refractivity contribution in [3.05, 3.63) is 40.2 Å². The van der Waals surface area contributed by atoms with Crippen LogP contribution in [0, 0.1) is 0 Å². The van der Waals surface area contributed by atoms with Crippen LogP contribution < -0.4 is 5.43 Å². The van der Waals surface area contributed by atoms with Crippen molar-refractivity contribution in [3.8, 4) is 5.75 Å². The van der Waals surface area contributed by atoms with Gasteiger partial charge < -0.3 is 9.52 Å².